The van der Waals surface area contributed by atoms with Gasteiger partial charge in [-0.05, 0) is 33.6 Å². The molecule has 0 spiro atoms. The molecule has 3 amide bonds. The molecule has 0 saturated carbocycles. The number of ether oxygens (including phenoxy) is 5. The monoisotopic (exact) mass is 569 g/mol. The fraction of sp³-hybridized carbons (Fsp3) is 0.786. The van der Waals surface area contributed by atoms with Gasteiger partial charge in [0.1, 0.15) is 5.60 Å². The lowest BCUT2D eigenvalue weighted by atomic mass is 10.1. The van der Waals surface area contributed by atoms with Crippen molar-refractivity contribution < 1.29 is 42.9 Å². The zero-order valence-corrected chi connectivity index (χ0v) is 24.4. The van der Waals surface area contributed by atoms with Gasteiger partial charge in [0.25, 0.3) is 11.8 Å². The number of nitrogens with zero attached hydrogens (tertiary/aromatic N) is 3. The second kappa shape index (κ2) is 18.9. The van der Waals surface area contributed by atoms with Crippen molar-refractivity contribution in [2.75, 3.05) is 92.1 Å². The number of esters is 1. The fourth-order valence-corrected chi connectivity index (χ4v) is 4.10. The first kappa shape index (κ1) is 33.8. The average Bonchev–Trinajstić information content (AvgIpc) is 3.20. The zero-order valence-electron chi connectivity index (χ0n) is 24.4. The van der Waals surface area contributed by atoms with E-state index in [9.17, 15) is 19.2 Å². The third-order valence-electron chi connectivity index (χ3n) is 6.16. The minimum Gasteiger partial charge on any atom is -0.459 e. The lowest BCUT2D eigenvalue weighted by Gasteiger charge is -2.25. The Kier molecular flexibility index (Phi) is 16.0. The van der Waals surface area contributed by atoms with Gasteiger partial charge in [0, 0.05) is 51.3 Å². The van der Waals surface area contributed by atoms with Gasteiger partial charge in [-0.25, -0.2) is 0 Å². The maximum Gasteiger partial charge on any atom is 0.320 e. The number of imide groups is 1. The van der Waals surface area contributed by atoms with Crippen LogP contribution in [0.5, 0.6) is 0 Å². The Morgan fingerprint density at radius 3 is 1.75 bits per heavy atom. The molecule has 0 unspecified atom stereocenters. The zero-order chi connectivity index (χ0) is 29.2. The van der Waals surface area contributed by atoms with Gasteiger partial charge in [0.2, 0.25) is 5.91 Å². The molecule has 40 heavy (non-hydrogen) atoms. The van der Waals surface area contributed by atoms with E-state index < -0.39 is 5.60 Å². The summed E-state index contributed by atoms with van der Waals surface area (Å²) in [6, 6.07) is 0. The molecule has 2 aliphatic rings. The third-order valence-corrected chi connectivity index (χ3v) is 6.16. The predicted molar refractivity (Wildman–Crippen MR) is 146 cm³/mol. The first-order valence-corrected chi connectivity index (χ1v) is 14.2. The van der Waals surface area contributed by atoms with Gasteiger partial charge in [-0.15, -0.1) is 0 Å². The van der Waals surface area contributed by atoms with Crippen LogP contribution < -0.4 is 0 Å². The van der Waals surface area contributed by atoms with E-state index in [1.807, 2.05) is 25.7 Å². The second-order valence-corrected chi connectivity index (χ2v) is 10.7. The topological polar surface area (TPSA) is 124 Å². The first-order valence-electron chi connectivity index (χ1n) is 14.2. The van der Waals surface area contributed by atoms with E-state index in [0.29, 0.717) is 105 Å². The highest BCUT2D eigenvalue weighted by molar-refractivity contribution is 6.12. The summed E-state index contributed by atoms with van der Waals surface area (Å²) in [5.41, 5.74) is -0.536. The van der Waals surface area contributed by atoms with Crippen LogP contribution in [0, 0.1) is 0 Å². The van der Waals surface area contributed by atoms with Gasteiger partial charge in [-0.3, -0.25) is 29.0 Å². The summed E-state index contributed by atoms with van der Waals surface area (Å²) >= 11 is 0. The SMILES string of the molecule is CC(C)(C)OC(=O)CN1CCOCCOCCN(C(=O)CCCCCN2C(=O)C=CC2=O)CCOCCOCC1. The predicted octanol–water partition coefficient (Wildman–Crippen LogP) is 1.02. The Labute approximate surface area is 237 Å². The largest absolute Gasteiger partial charge is 0.459 e. The first-order chi connectivity index (χ1) is 19.2. The highest BCUT2D eigenvalue weighted by Crippen LogP contribution is 2.10. The maximum absolute atomic E-state index is 12.8. The molecule has 2 aliphatic heterocycles. The normalized spacial score (nSPS) is 19.9. The molecule has 0 bridgehead atoms. The van der Waals surface area contributed by atoms with Crippen molar-refractivity contribution in [3.8, 4) is 0 Å². The Balaban J connectivity index is 1.70. The third kappa shape index (κ3) is 14.8. The minimum absolute atomic E-state index is 0.0224. The standard InChI is InChI=1S/C28H47N3O9/c1-28(2,3)40-27(35)23-29-11-15-36-19-21-38-17-13-30(14-18-39-22-20-37-16-12-29)24(32)7-5-4-6-10-31-25(33)8-9-26(31)34/h8-9H,4-7,10-23H2,1-3H3. The molecule has 0 aromatic heterocycles. The molecule has 0 aromatic carbocycles. The molecule has 12 nitrogen and oxygen atoms in total. The second-order valence-electron chi connectivity index (χ2n) is 10.7. The van der Waals surface area contributed by atoms with E-state index in [4.69, 9.17) is 23.7 Å². The molecule has 0 aliphatic carbocycles. The van der Waals surface area contributed by atoms with Crippen molar-refractivity contribution in [1.29, 1.82) is 0 Å². The lowest BCUT2D eigenvalue weighted by molar-refractivity contribution is -0.156. The molecule has 2 heterocycles. The number of carbonyl (C=O) groups is 4. The van der Waals surface area contributed by atoms with Gasteiger partial charge < -0.3 is 28.6 Å². The van der Waals surface area contributed by atoms with Crippen LogP contribution in [-0.2, 0) is 42.9 Å². The molecule has 0 atom stereocenters. The van der Waals surface area contributed by atoms with Crippen LogP contribution in [0.15, 0.2) is 12.2 Å². The van der Waals surface area contributed by atoms with Crippen LogP contribution in [0.2, 0.25) is 0 Å². The molecule has 228 valence electrons. The van der Waals surface area contributed by atoms with Crippen LogP contribution in [0.1, 0.15) is 46.5 Å². The molecule has 1 saturated heterocycles. The van der Waals surface area contributed by atoms with Crippen molar-refractivity contribution >= 4 is 23.7 Å². The molecular weight excluding hydrogens is 522 g/mol. The molecule has 0 radical (unpaired) electrons. The van der Waals surface area contributed by atoms with Gasteiger partial charge in [0.05, 0.1) is 59.4 Å². The Bertz CT molecular complexity index is 790. The van der Waals surface area contributed by atoms with E-state index in [1.165, 1.54) is 17.1 Å². The average molecular weight is 570 g/mol. The van der Waals surface area contributed by atoms with Gasteiger partial charge >= 0.3 is 5.97 Å². The van der Waals surface area contributed by atoms with E-state index >= 15 is 0 Å². The van der Waals surface area contributed by atoms with Crippen LogP contribution in [0.4, 0.5) is 0 Å². The molecular formula is C28H47N3O9. The van der Waals surface area contributed by atoms with Crippen LogP contribution in [0.25, 0.3) is 0 Å². The Morgan fingerprint density at radius 2 is 1.25 bits per heavy atom. The lowest BCUT2D eigenvalue weighted by Crippen LogP contribution is -2.39. The van der Waals surface area contributed by atoms with E-state index in [1.54, 1.807) is 4.90 Å². The van der Waals surface area contributed by atoms with Crippen LogP contribution >= 0.6 is 0 Å². The highest BCUT2D eigenvalue weighted by atomic mass is 16.6. The summed E-state index contributed by atoms with van der Waals surface area (Å²) in [7, 11) is 0. The van der Waals surface area contributed by atoms with Gasteiger partial charge in [0.15, 0.2) is 0 Å². The number of amides is 3. The van der Waals surface area contributed by atoms with Gasteiger partial charge in [-0.1, -0.05) is 6.42 Å². The number of carbonyl (C=O) groups excluding carboxylic acids is 4. The molecule has 2 rings (SSSR count). The summed E-state index contributed by atoms with van der Waals surface area (Å²) in [6.07, 6.45) is 5.03. The van der Waals surface area contributed by atoms with Crippen LogP contribution in [-0.4, -0.2) is 136 Å². The number of hydrogen-bond donors (Lipinski definition) is 0. The quantitative estimate of drug-likeness (QED) is 0.238. The van der Waals surface area contributed by atoms with E-state index in [-0.39, 0.29) is 30.2 Å². The summed E-state index contributed by atoms with van der Waals surface area (Å²) in [6.45, 7) is 11.3. The number of hydrogen-bond acceptors (Lipinski definition) is 10. The molecule has 1 fully saturated rings. The molecule has 0 aromatic rings. The number of rotatable bonds is 8. The summed E-state index contributed by atoms with van der Waals surface area (Å²) in [4.78, 5) is 53.2. The Morgan fingerprint density at radius 1 is 0.750 bits per heavy atom. The van der Waals surface area contributed by atoms with Crippen molar-refractivity contribution in [3.63, 3.8) is 0 Å². The van der Waals surface area contributed by atoms with Crippen molar-refractivity contribution in [3.05, 3.63) is 12.2 Å². The number of unbranched alkanes of at least 4 members (excludes halogenated alkanes) is 2. The maximum atomic E-state index is 12.8. The Hall–Kier alpha value is -2.38. The van der Waals surface area contributed by atoms with Crippen molar-refractivity contribution in [1.82, 2.24) is 14.7 Å². The minimum atomic E-state index is -0.536. The molecule has 12 heteroatoms. The smallest absolute Gasteiger partial charge is 0.320 e. The van der Waals surface area contributed by atoms with E-state index in [2.05, 4.69) is 0 Å². The van der Waals surface area contributed by atoms with Gasteiger partial charge in [-0.2, -0.15) is 0 Å². The van der Waals surface area contributed by atoms with E-state index in [0.717, 1.165) is 6.42 Å². The summed E-state index contributed by atoms with van der Waals surface area (Å²) < 4.78 is 28.2. The van der Waals surface area contributed by atoms with Crippen molar-refractivity contribution in [2.45, 2.75) is 52.1 Å². The van der Waals surface area contributed by atoms with Crippen LogP contribution in [0.3, 0.4) is 0 Å². The summed E-state index contributed by atoms with van der Waals surface area (Å²) in [5.74, 6) is -0.817. The molecule has 0 N–H and O–H groups in total. The van der Waals surface area contributed by atoms with Crippen molar-refractivity contribution in [2.24, 2.45) is 0 Å². The summed E-state index contributed by atoms with van der Waals surface area (Å²) in [5, 5.41) is 0. The highest BCUT2D eigenvalue weighted by Gasteiger charge is 2.22. The fourth-order valence-electron chi connectivity index (χ4n) is 4.10.